The molecule has 0 unspecified atom stereocenters. The van der Waals surface area contributed by atoms with Crippen LogP contribution >= 0.6 is 11.3 Å². The van der Waals surface area contributed by atoms with Gasteiger partial charge in [0.1, 0.15) is 0 Å². The average Bonchev–Trinajstić information content (AvgIpc) is 3.59. The first-order chi connectivity index (χ1) is 19.2. The molecular formula is C28H39N9O2S. The molecule has 0 saturated carbocycles. The number of nitrogens with zero attached hydrogens (tertiary/aromatic N) is 6. The number of nitrogens with one attached hydrogen (secondary N) is 2. The number of aromatic amines is 1. The lowest BCUT2D eigenvalue weighted by Gasteiger charge is -2.40. The summed E-state index contributed by atoms with van der Waals surface area (Å²) in [6.45, 7) is 11.5. The first-order valence-corrected chi connectivity index (χ1v) is 14.9. The number of amides is 2. The Morgan fingerprint density at radius 3 is 2.73 bits per heavy atom. The third kappa shape index (κ3) is 6.33. The van der Waals surface area contributed by atoms with Gasteiger partial charge in [-0.25, -0.2) is 15.0 Å². The van der Waals surface area contributed by atoms with Crippen LogP contribution in [0.2, 0.25) is 0 Å². The second-order valence-electron chi connectivity index (χ2n) is 11.6. The average molecular weight is 566 g/mol. The van der Waals surface area contributed by atoms with Gasteiger partial charge in [0.2, 0.25) is 11.9 Å². The molecule has 2 saturated heterocycles. The van der Waals surface area contributed by atoms with Crippen LogP contribution in [0.1, 0.15) is 79.8 Å². The van der Waals surface area contributed by atoms with Gasteiger partial charge in [0, 0.05) is 48.4 Å². The van der Waals surface area contributed by atoms with Crippen LogP contribution in [-0.4, -0.2) is 81.7 Å². The number of piperidine rings is 2. The molecule has 5 rings (SSSR count). The zero-order valence-electron chi connectivity index (χ0n) is 23.4. The van der Waals surface area contributed by atoms with E-state index in [9.17, 15) is 9.59 Å². The first kappa shape index (κ1) is 28.2. The Bertz CT molecular complexity index is 1310. The number of hydrogen-bond acceptors (Lipinski definition) is 7. The van der Waals surface area contributed by atoms with Crippen molar-refractivity contribution < 1.29 is 9.59 Å². The Morgan fingerprint density at radius 2 is 2.00 bits per heavy atom. The number of likely N-dealkylation sites (tertiary alicyclic amines) is 2. The van der Waals surface area contributed by atoms with Gasteiger partial charge < -0.3 is 15.5 Å². The molecule has 3 aliphatic rings. The van der Waals surface area contributed by atoms with E-state index in [0.29, 0.717) is 35.4 Å². The molecule has 0 atom stereocenters. The van der Waals surface area contributed by atoms with Gasteiger partial charge in [0.25, 0.3) is 5.91 Å². The number of aromatic nitrogens is 3. The van der Waals surface area contributed by atoms with Gasteiger partial charge in [0.15, 0.2) is 10.8 Å². The molecule has 4 heterocycles. The Morgan fingerprint density at radius 1 is 1.25 bits per heavy atom. The maximum absolute atomic E-state index is 13.2. The van der Waals surface area contributed by atoms with Crippen LogP contribution in [0.25, 0.3) is 0 Å². The molecule has 0 spiro atoms. The van der Waals surface area contributed by atoms with Crippen molar-refractivity contribution in [3.05, 3.63) is 39.8 Å². The molecule has 4 N–H and O–H groups in total. The number of rotatable bonds is 6. The number of carbonyl (C=O) groups excluding carboxylic acids is 2. The molecule has 2 amide bonds. The number of H-pyrrole nitrogens is 1. The van der Waals surface area contributed by atoms with Crippen molar-refractivity contribution in [2.24, 2.45) is 15.7 Å². The largest absolute Gasteiger partial charge is 0.368 e. The van der Waals surface area contributed by atoms with Crippen LogP contribution in [0.4, 0.5) is 5.13 Å². The fourth-order valence-corrected chi connectivity index (χ4v) is 6.97. The molecule has 214 valence electrons. The lowest BCUT2D eigenvalue weighted by molar-refractivity contribution is -0.132. The van der Waals surface area contributed by atoms with Crippen LogP contribution in [-0.2, 0) is 23.1 Å². The first-order valence-electron chi connectivity index (χ1n) is 14.1. The number of nitrogens with two attached hydrogens (primary N) is 1. The van der Waals surface area contributed by atoms with Gasteiger partial charge in [-0.05, 0) is 62.9 Å². The van der Waals surface area contributed by atoms with Gasteiger partial charge in [-0.1, -0.05) is 20.3 Å². The van der Waals surface area contributed by atoms with Crippen LogP contribution in [0.5, 0.6) is 0 Å². The normalized spacial score (nSPS) is 21.3. The van der Waals surface area contributed by atoms with Gasteiger partial charge in [-0.3, -0.25) is 20.0 Å². The molecule has 0 aromatic carbocycles. The molecule has 1 aliphatic carbocycles. The van der Waals surface area contributed by atoms with Crippen molar-refractivity contribution in [3.63, 3.8) is 0 Å². The summed E-state index contributed by atoms with van der Waals surface area (Å²) in [5.74, 6) is -0.104. The topological polar surface area (TPSA) is 145 Å². The Labute approximate surface area is 239 Å². The van der Waals surface area contributed by atoms with E-state index in [2.05, 4.69) is 55.9 Å². The summed E-state index contributed by atoms with van der Waals surface area (Å²) >= 11 is 1.32. The zero-order chi connectivity index (χ0) is 28.3. The molecule has 40 heavy (non-hydrogen) atoms. The summed E-state index contributed by atoms with van der Waals surface area (Å²) in [4.78, 5) is 43.1. The number of guanidine groups is 1. The quantitative estimate of drug-likeness (QED) is 0.362. The number of aliphatic imine (C=N–C) groups is 2. The highest BCUT2D eigenvalue weighted by Gasteiger charge is 2.37. The van der Waals surface area contributed by atoms with Crippen molar-refractivity contribution in [2.45, 2.75) is 76.7 Å². The van der Waals surface area contributed by atoms with Crippen LogP contribution in [0.3, 0.4) is 0 Å². The minimum Gasteiger partial charge on any atom is -0.368 e. The third-order valence-electron chi connectivity index (χ3n) is 8.18. The van der Waals surface area contributed by atoms with Gasteiger partial charge in [-0.15, -0.1) is 11.3 Å². The second kappa shape index (κ2) is 12.0. The van der Waals surface area contributed by atoms with Crippen molar-refractivity contribution in [1.82, 2.24) is 25.0 Å². The minimum atomic E-state index is -0.340. The van der Waals surface area contributed by atoms with E-state index >= 15 is 0 Å². The lowest BCUT2D eigenvalue weighted by atomic mass is 9.72. The highest BCUT2D eigenvalue weighted by molar-refractivity contribution is 7.14. The zero-order valence-corrected chi connectivity index (χ0v) is 24.2. The molecule has 11 nitrogen and oxygen atoms in total. The summed E-state index contributed by atoms with van der Waals surface area (Å²) in [6.07, 6.45) is 9.25. The number of fused-ring (bicyclic) bond motifs is 1. The Hall–Kier alpha value is -3.38. The maximum Gasteiger partial charge on any atom is 0.278 e. The molecule has 2 fully saturated rings. The van der Waals surface area contributed by atoms with Gasteiger partial charge in [0.05, 0.1) is 12.1 Å². The smallest absolute Gasteiger partial charge is 0.278 e. The molecule has 0 bridgehead atoms. The number of anilines is 1. The Kier molecular flexibility index (Phi) is 8.46. The van der Waals surface area contributed by atoms with E-state index in [-0.39, 0.29) is 29.6 Å². The standard InChI is InChI=1S/C28H39N9O2S/c1-28(2)15-18(16-31-26(29)30-3)13-21-23(28)24(35-34-21)25(39)33-27-32-19(17-40-27)14-22(38)37-11-7-20(8-12-37)36-9-5-4-6-10-36/h16-17,20H,3-15H2,1-2H3,(H2,29,31)(H,34,35)(H,32,33,39)/b18-16+. The monoisotopic (exact) mass is 565 g/mol. The number of thiazole rings is 1. The van der Waals surface area contributed by atoms with E-state index in [1.165, 1.54) is 43.7 Å². The van der Waals surface area contributed by atoms with Crippen LogP contribution < -0.4 is 11.1 Å². The fraction of sp³-hybridized carbons (Fsp3) is 0.571. The highest BCUT2D eigenvalue weighted by atomic mass is 32.1. The Balaban J connectivity index is 1.17. The summed E-state index contributed by atoms with van der Waals surface area (Å²) in [5, 5.41) is 12.6. The molecule has 2 aromatic rings. The van der Waals surface area contributed by atoms with E-state index in [0.717, 1.165) is 42.8 Å². The van der Waals surface area contributed by atoms with E-state index in [1.54, 1.807) is 6.20 Å². The number of carbonyl (C=O) groups is 2. The van der Waals surface area contributed by atoms with Crippen molar-refractivity contribution >= 4 is 41.0 Å². The summed E-state index contributed by atoms with van der Waals surface area (Å²) in [7, 11) is 0. The van der Waals surface area contributed by atoms with Crippen molar-refractivity contribution in [3.8, 4) is 0 Å². The summed E-state index contributed by atoms with van der Waals surface area (Å²) < 4.78 is 0. The molecule has 12 heteroatoms. The molecular weight excluding hydrogens is 526 g/mol. The highest BCUT2D eigenvalue weighted by Crippen LogP contribution is 2.40. The second-order valence-corrected chi connectivity index (χ2v) is 12.4. The van der Waals surface area contributed by atoms with Crippen LogP contribution in [0.15, 0.2) is 27.1 Å². The van der Waals surface area contributed by atoms with Gasteiger partial charge in [-0.2, -0.15) is 5.10 Å². The lowest BCUT2D eigenvalue weighted by Crippen LogP contribution is -2.48. The number of allylic oxidation sites excluding steroid dienone is 1. The number of hydrogen-bond donors (Lipinski definition) is 3. The van der Waals surface area contributed by atoms with Crippen LogP contribution in [0, 0.1) is 0 Å². The summed E-state index contributed by atoms with van der Waals surface area (Å²) in [5.41, 5.74) is 9.17. The van der Waals surface area contributed by atoms with E-state index in [1.807, 2.05) is 10.3 Å². The van der Waals surface area contributed by atoms with Crippen molar-refractivity contribution in [1.29, 1.82) is 0 Å². The predicted molar refractivity (Wildman–Crippen MR) is 158 cm³/mol. The SMILES string of the molecule is C=NC(N)=N/C=C1\Cc2[nH]nc(C(=O)Nc3nc(CC(=O)N4CCC(N5CCCCC5)CC4)cs3)c2C(C)(C)C1. The molecule has 0 radical (unpaired) electrons. The maximum atomic E-state index is 13.2. The van der Waals surface area contributed by atoms with E-state index in [4.69, 9.17) is 5.73 Å². The minimum absolute atomic E-state index is 0.0993. The predicted octanol–water partition coefficient (Wildman–Crippen LogP) is 3.26. The van der Waals surface area contributed by atoms with E-state index < -0.39 is 0 Å². The molecule has 2 aliphatic heterocycles. The molecule has 2 aromatic heterocycles. The van der Waals surface area contributed by atoms with Gasteiger partial charge >= 0.3 is 0 Å². The third-order valence-corrected chi connectivity index (χ3v) is 8.98. The van der Waals surface area contributed by atoms with Crippen molar-refractivity contribution in [2.75, 3.05) is 31.5 Å². The fourth-order valence-electron chi connectivity index (χ4n) is 6.27. The summed E-state index contributed by atoms with van der Waals surface area (Å²) in [6, 6.07) is 0.604.